The number of amides is 1. The molecule has 1 aliphatic rings. The first-order valence-corrected chi connectivity index (χ1v) is 10.4. The number of benzene rings is 2. The Morgan fingerprint density at radius 1 is 1.09 bits per heavy atom. The molecule has 1 fully saturated rings. The molecule has 0 N–H and O–H groups in total. The second-order valence-electron chi connectivity index (χ2n) is 7.43. The van der Waals surface area contributed by atoms with Crippen LogP contribution in [0.4, 0.5) is 0 Å². The maximum Gasteiger partial charge on any atom is 0.338 e. The summed E-state index contributed by atoms with van der Waals surface area (Å²) >= 11 is 0. The molecule has 3 aromatic rings. The van der Waals surface area contributed by atoms with E-state index < -0.39 is 5.97 Å². The van der Waals surface area contributed by atoms with E-state index in [9.17, 15) is 9.59 Å². The minimum absolute atomic E-state index is 0.153. The van der Waals surface area contributed by atoms with E-state index in [-0.39, 0.29) is 18.6 Å². The molecule has 32 heavy (non-hydrogen) atoms. The molecule has 0 aliphatic carbocycles. The lowest BCUT2D eigenvalue weighted by atomic mass is 10.0. The molecule has 8 nitrogen and oxygen atoms in total. The molecule has 1 unspecified atom stereocenters. The molecular formula is C24H25N3O5. The molecule has 1 saturated heterocycles. The Kier molecular flexibility index (Phi) is 6.39. The van der Waals surface area contributed by atoms with Crippen molar-refractivity contribution in [3.63, 3.8) is 0 Å². The number of carbonyl (C=O) groups is 2. The molecule has 2 heterocycles. The van der Waals surface area contributed by atoms with Gasteiger partial charge in [0.25, 0.3) is 5.91 Å². The Bertz CT molecular complexity index is 1080. The third kappa shape index (κ3) is 4.44. The van der Waals surface area contributed by atoms with Crippen LogP contribution in [0.1, 0.15) is 34.8 Å². The van der Waals surface area contributed by atoms with Gasteiger partial charge in [-0.25, -0.2) is 9.48 Å². The van der Waals surface area contributed by atoms with Crippen molar-refractivity contribution in [3.8, 4) is 17.2 Å². The zero-order valence-electron chi connectivity index (χ0n) is 18.1. The standard InChI is InChI=1S/C24H25N3O5/c1-30-19-10-11-22(31-2)20(15-19)21-5-3-13-26(21)23(28)16-32-24(29)17-6-8-18(9-7-17)27-14-4-12-25-27/h4,6-12,14-15,21H,3,5,13,16H2,1-2H3. The van der Waals surface area contributed by atoms with Gasteiger partial charge in [0.1, 0.15) is 11.5 Å². The highest BCUT2D eigenvalue weighted by atomic mass is 16.5. The van der Waals surface area contributed by atoms with Crippen LogP contribution in [0.25, 0.3) is 5.69 Å². The largest absolute Gasteiger partial charge is 0.497 e. The van der Waals surface area contributed by atoms with Gasteiger partial charge in [0.05, 0.1) is 31.5 Å². The lowest BCUT2D eigenvalue weighted by Crippen LogP contribution is -2.34. The summed E-state index contributed by atoms with van der Waals surface area (Å²) in [6.07, 6.45) is 5.16. The number of hydrogen-bond donors (Lipinski definition) is 0. The smallest absolute Gasteiger partial charge is 0.338 e. The number of methoxy groups -OCH3 is 2. The van der Waals surface area contributed by atoms with Crippen molar-refractivity contribution in [1.82, 2.24) is 14.7 Å². The van der Waals surface area contributed by atoms with Crippen molar-refractivity contribution in [2.24, 2.45) is 0 Å². The van der Waals surface area contributed by atoms with Crippen molar-refractivity contribution >= 4 is 11.9 Å². The van der Waals surface area contributed by atoms with Crippen LogP contribution < -0.4 is 9.47 Å². The van der Waals surface area contributed by atoms with Gasteiger partial charge in [0.2, 0.25) is 0 Å². The molecule has 0 radical (unpaired) electrons. The molecule has 1 aromatic heterocycles. The molecule has 2 aromatic carbocycles. The first kappa shape index (κ1) is 21.4. The van der Waals surface area contributed by atoms with E-state index in [1.165, 1.54) is 0 Å². The van der Waals surface area contributed by atoms with Crippen LogP contribution in [0.2, 0.25) is 0 Å². The molecule has 4 rings (SSSR count). The number of carbonyl (C=O) groups excluding carboxylic acids is 2. The number of ether oxygens (including phenoxy) is 3. The minimum Gasteiger partial charge on any atom is -0.497 e. The van der Waals surface area contributed by atoms with Gasteiger partial charge in [-0.05, 0) is 61.4 Å². The summed E-state index contributed by atoms with van der Waals surface area (Å²) in [5, 5.41) is 4.15. The second-order valence-corrected chi connectivity index (χ2v) is 7.43. The normalized spacial score (nSPS) is 15.4. The van der Waals surface area contributed by atoms with E-state index >= 15 is 0 Å². The van der Waals surface area contributed by atoms with Crippen LogP contribution in [0.3, 0.4) is 0 Å². The average molecular weight is 435 g/mol. The number of esters is 1. The molecule has 166 valence electrons. The van der Waals surface area contributed by atoms with E-state index in [0.29, 0.717) is 23.6 Å². The van der Waals surface area contributed by atoms with Crippen LogP contribution >= 0.6 is 0 Å². The minimum atomic E-state index is -0.542. The van der Waals surface area contributed by atoms with Gasteiger partial charge < -0.3 is 19.1 Å². The summed E-state index contributed by atoms with van der Waals surface area (Å²) < 4.78 is 17.8. The van der Waals surface area contributed by atoms with Crippen molar-refractivity contribution in [3.05, 3.63) is 72.1 Å². The van der Waals surface area contributed by atoms with Crippen LogP contribution in [0.15, 0.2) is 60.9 Å². The summed E-state index contributed by atoms with van der Waals surface area (Å²) in [6.45, 7) is 0.280. The summed E-state index contributed by atoms with van der Waals surface area (Å²) in [5.74, 6) is 0.619. The van der Waals surface area contributed by atoms with E-state index in [1.54, 1.807) is 54.3 Å². The molecule has 0 saturated carbocycles. The molecule has 1 atom stereocenters. The molecule has 1 amide bonds. The maximum atomic E-state index is 12.9. The van der Waals surface area contributed by atoms with Gasteiger partial charge in [0.15, 0.2) is 6.61 Å². The zero-order chi connectivity index (χ0) is 22.5. The Hall–Kier alpha value is -3.81. The fraction of sp³-hybridized carbons (Fsp3) is 0.292. The summed E-state index contributed by atoms with van der Waals surface area (Å²) in [6, 6.07) is 14.1. The average Bonchev–Trinajstić information content (AvgIpc) is 3.54. The summed E-state index contributed by atoms with van der Waals surface area (Å²) in [4.78, 5) is 27.1. The highest BCUT2D eigenvalue weighted by molar-refractivity contribution is 5.91. The Morgan fingerprint density at radius 2 is 1.91 bits per heavy atom. The molecule has 0 bridgehead atoms. The number of hydrogen-bond acceptors (Lipinski definition) is 6. The van der Waals surface area contributed by atoms with E-state index in [4.69, 9.17) is 14.2 Å². The first-order valence-electron chi connectivity index (χ1n) is 10.4. The van der Waals surface area contributed by atoms with Crippen molar-refractivity contribution in [1.29, 1.82) is 0 Å². The maximum absolute atomic E-state index is 12.9. The van der Waals surface area contributed by atoms with Gasteiger partial charge in [-0.3, -0.25) is 4.79 Å². The third-order valence-electron chi connectivity index (χ3n) is 5.57. The third-order valence-corrected chi connectivity index (χ3v) is 5.57. The van der Waals surface area contributed by atoms with Crippen LogP contribution in [0.5, 0.6) is 11.5 Å². The summed E-state index contributed by atoms with van der Waals surface area (Å²) in [7, 11) is 3.20. The Balaban J connectivity index is 1.41. The molecule has 0 spiro atoms. The van der Waals surface area contributed by atoms with Gasteiger partial charge in [-0.2, -0.15) is 5.10 Å². The predicted molar refractivity (Wildman–Crippen MR) is 117 cm³/mol. The van der Waals surface area contributed by atoms with Gasteiger partial charge in [0, 0.05) is 24.5 Å². The quantitative estimate of drug-likeness (QED) is 0.529. The van der Waals surface area contributed by atoms with Crippen LogP contribution in [-0.2, 0) is 9.53 Å². The number of aromatic nitrogens is 2. The number of rotatable bonds is 7. The molecule has 1 aliphatic heterocycles. The lowest BCUT2D eigenvalue weighted by molar-refractivity contribution is -0.135. The molecular weight excluding hydrogens is 410 g/mol. The monoisotopic (exact) mass is 435 g/mol. The van der Waals surface area contributed by atoms with Gasteiger partial charge in [-0.15, -0.1) is 0 Å². The van der Waals surface area contributed by atoms with E-state index in [1.807, 2.05) is 30.5 Å². The van der Waals surface area contributed by atoms with Crippen molar-refractivity contribution < 1.29 is 23.8 Å². The van der Waals surface area contributed by atoms with Crippen LogP contribution in [-0.4, -0.2) is 53.9 Å². The first-order chi connectivity index (χ1) is 15.6. The van der Waals surface area contributed by atoms with E-state index in [0.717, 1.165) is 24.1 Å². The van der Waals surface area contributed by atoms with Gasteiger partial charge >= 0.3 is 5.97 Å². The lowest BCUT2D eigenvalue weighted by Gasteiger charge is -2.26. The van der Waals surface area contributed by atoms with Crippen molar-refractivity contribution in [2.75, 3.05) is 27.4 Å². The van der Waals surface area contributed by atoms with E-state index in [2.05, 4.69) is 5.10 Å². The topological polar surface area (TPSA) is 82.9 Å². The second kappa shape index (κ2) is 9.55. The fourth-order valence-electron chi connectivity index (χ4n) is 3.95. The SMILES string of the molecule is COc1ccc(OC)c(C2CCCN2C(=O)COC(=O)c2ccc(-n3cccn3)cc2)c1. The highest BCUT2D eigenvalue weighted by Gasteiger charge is 2.32. The molecule has 8 heteroatoms. The predicted octanol–water partition coefficient (Wildman–Crippen LogP) is 3.41. The van der Waals surface area contributed by atoms with Gasteiger partial charge in [-0.1, -0.05) is 0 Å². The zero-order valence-corrected chi connectivity index (χ0v) is 18.1. The van der Waals surface area contributed by atoms with Crippen molar-refractivity contribution in [2.45, 2.75) is 18.9 Å². The van der Waals surface area contributed by atoms with Crippen LogP contribution in [0, 0.1) is 0 Å². The highest BCUT2D eigenvalue weighted by Crippen LogP contribution is 2.38. The number of nitrogens with zero attached hydrogens (tertiary/aromatic N) is 3. The Labute approximate surface area is 186 Å². The fourth-order valence-corrected chi connectivity index (χ4v) is 3.95. The Morgan fingerprint density at radius 3 is 2.59 bits per heavy atom. The summed E-state index contributed by atoms with van der Waals surface area (Å²) in [5.41, 5.74) is 2.09. The number of likely N-dealkylation sites (tertiary alicyclic amines) is 1.